The molecule has 0 aliphatic rings. The minimum atomic E-state index is 0.0142. The number of hydrogen-bond donors (Lipinski definition) is 1. The maximum Gasteiger partial charge on any atom is 0.224 e. The maximum atomic E-state index is 12.1. The van der Waals surface area contributed by atoms with E-state index in [0.29, 0.717) is 25.4 Å². The van der Waals surface area contributed by atoms with Gasteiger partial charge in [-0.2, -0.15) is 0 Å². The lowest BCUT2D eigenvalue weighted by molar-refractivity contribution is -0.116. The SMILES string of the molecule is Cc1cc(Br)ccc1NC(=O)CCCOc1ccc(C(C)C)c(C)c1. The van der Waals surface area contributed by atoms with Crippen molar-refractivity contribution in [3.05, 3.63) is 57.6 Å². The summed E-state index contributed by atoms with van der Waals surface area (Å²) in [5, 5.41) is 2.95. The van der Waals surface area contributed by atoms with Crippen molar-refractivity contribution in [2.45, 2.75) is 46.5 Å². The smallest absolute Gasteiger partial charge is 0.224 e. The number of aryl methyl sites for hydroxylation is 2. The van der Waals surface area contributed by atoms with Gasteiger partial charge in [-0.05, 0) is 73.2 Å². The highest BCUT2D eigenvalue weighted by Gasteiger charge is 2.07. The zero-order valence-corrected chi connectivity index (χ0v) is 16.9. The van der Waals surface area contributed by atoms with Crippen LogP contribution in [-0.2, 0) is 4.79 Å². The summed E-state index contributed by atoms with van der Waals surface area (Å²) in [6.45, 7) is 9.00. The van der Waals surface area contributed by atoms with Crippen molar-refractivity contribution in [2.24, 2.45) is 0 Å². The van der Waals surface area contributed by atoms with Crippen molar-refractivity contribution in [3.63, 3.8) is 0 Å². The van der Waals surface area contributed by atoms with E-state index in [4.69, 9.17) is 4.74 Å². The van der Waals surface area contributed by atoms with Gasteiger partial charge in [0, 0.05) is 16.6 Å². The second-order valence-corrected chi connectivity index (χ2v) is 7.55. The summed E-state index contributed by atoms with van der Waals surface area (Å²) in [5.41, 5.74) is 4.49. The maximum absolute atomic E-state index is 12.1. The summed E-state index contributed by atoms with van der Waals surface area (Å²) >= 11 is 3.42. The first kappa shape index (κ1) is 19.5. The van der Waals surface area contributed by atoms with Crippen LogP contribution in [-0.4, -0.2) is 12.5 Å². The fourth-order valence-corrected chi connectivity index (χ4v) is 3.26. The summed E-state index contributed by atoms with van der Waals surface area (Å²) in [6.07, 6.45) is 1.13. The molecule has 0 aromatic heterocycles. The third-order valence-corrected chi connectivity index (χ3v) is 4.64. The summed E-state index contributed by atoms with van der Waals surface area (Å²) in [7, 11) is 0. The summed E-state index contributed by atoms with van der Waals surface area (Å²) < 4.78 is 6.78. The number of halogens is 1. The molecule has 0 bridgehead atoms. The van der Waals surface area contributed by atoms with Gasteiger partial charge in [-0.3, -0.25) is 4.79 Å². The molecule has 2 rings (SSSR count). The molecule has 0 radical (unpaired) electrons. The quantitative estimate of drug-likeness (QED) is 0.576. The van der Waals surface area contributed by atoms with Gasteiger partial charge in [0.2, 0.25) is 5.91 Å². The molecule has 0 unspecified atom stereocenters. The molecule has 0 aliphatic carbocycles. The predicted molar refractivity (Wildman–Crippen MR) is 108 cm³/mol. The minimum absolute atomic E-state index is 0.0142. The molecule has 0 spiro atoms. The fourth-order valence-electron chi connectivity index (χ4n) is 2.79. The van der Waals surface area contributed by atoms with Gasteiger partial charge in [0.1, 0.15) is 5.75 Å². The van der Waals surface area contributed by atoms with Crippen LogP contribution in [0.4, 0.5) is 5.69 Å². The van der Waals surface area contributed by atoms with Gasteiger partial charge >= 0.3 is 0 Å². The van der Waals surface area contributed by atoms with Crippen molar-refractivity contribution in [2.75, 3.05) is 11.9 Å². The first-order valence-corrected chi connectivity index (χ1v) is 9.45. The Bertz CT molecular complexity index is 741. The van der Waals surface area contributed by atoms with E-state index < -0.39 is 0 Å². The van der Waals surface area contributed by atoms with Crippen molar-refractivity contribution >= 4 is 27.5 Å². The Morgan fingerprint density at radius 3 is 2.52 bits per heavy atom. The molecule has 134 valence electrons. The zero-order valence-electron chi connectivity index (χ0n) is 15.4. The van der Waals surface area contributed by atoms with E-state index in [-0.39, 0.29) is 5.91 Å². The highest BCUT2D eigenvalue weighted by molar-refractivity contribution is 9.10. The third-order valence-electron chi connectivity index (χ3n) is 4.14. The van der Waals surface area contributed by atoms with Crippen molar-refractivity contribution in [3.8, 4) is 5.75 Å². The molecular formula is C21H26BrNO2. The normalized spacial score (nSPS) is 10.8. The van der Waals surface area contributed by atoms with Gasteiger partial charge in [-0.1, -0.05) is 35.8 Å². The Morgan fingerprint density at radius 1 is 1.12 bits per heavy atom. The molecule has 2 aromatic rings. The van der Waals surface area contributed by atoms with Gasteiger partial charge in [0.25, 0.3) is 0 Å². The number of hydrogen-bond acceptors (Lipinski definition) is 2. The van der Waals surface area contributed by atoms with Gasteiger partial charge in [0.05, 0.1) is 6.61 Å². The molecule has 1 N–H and O–H groups in total. The number of anilines is 1. The molecule has 3 nitrogen and oxygen atoms in total. The number of rotatable bonds is 7. The van der Waals surface area contributed by atoms with E-state index in [1.54, 1.807) is 0 Å². The third kappa shape index (κ3) is 5.89. The molecule has 0 saturated heterocycles. The topological polar surface area (TPSA) is 38.3 Å². The summed E-state index contributed by atoms with van der Waals surface area (Å²) in [6, 6.07) is 12.0. The standard InChI is InChI=1S/C21H26BrNO2/c1-14(2)19-9-8-18(13-15(19)3)25-11-5-6-21(24)23-20-10-7-17(22)12-16(20)4/h7-10,12-14H,5-6,11H2,1-4H3,(H,23,24). The van der Waals surface area contributed by atoms with Gasteiger partial charge in [0.15, 0.2) is 0 Å². The molecular weight excluding hydrogens is 378 g/mol. The Balaban J connectivity index is 1.77. The molecule has 4 heteroatoms. The van der Waals surface area contributed by atoms with Gasteiger partial charge in [-0.25, -0.2) is 0 Å². The van der Waals surface area contributed by atoms with Crippen LogP contribution in [0.5, 0.6) is 5.75 Å². The second kappa shape index (κ2) is 9.04. The highest BCUT2D eigenvalue weighted by atomic mass is 79.9. The molecule has 0 aliphatic heterocycles. The number of nitrogens with one attached hydrogen (secondary N) is 1. The van der Waals surface area contributed by atoms with E-state index in [1.165, 1.54) is 11.1 Å². The lowest BCUT2D eigenvalue weighted by atomic mass is 9.98. The second-order valence-electron chi connectivity index (χ2n) is 6.63. The van der Waals surface area contributed by atoms with Crippen LogP contribution in [0.3, 0.4) is 0 Å². The minimum Gasteiger partial charge on any atom is -0.494 e. The Kier molecular flexibility index (Phi) is 7.06. The highest BCUT2D eigenvalue weighted by Crippen LogP contribution is 2.24. The van der Waals surface area contributed by atoms with Crippen LogP contribution in [0.25, 0.3) is 0 Å². The van der Waals surface area contributed by atoms with Crippen molar-refractivity contribution in [1.29, 1.82) is 0 Å². The Hall–Kier alpha value is -1.81. The first-order valence-electron chi connectivity index (χ1n) is 8.66. The first-order chi connectivity index (χ1) is 11.9. The lowest BCUT2D eigenvalue weighted by Crippen LogP contribution is -2.13. The van der Waals surface area contributed by atoms with E-state index in [9.17, 15) is 4.79 Å². The molecule has 0 atom stereocenters. The summed E-state index contributed by atoms with van der Waals surface area (Å²) in [4.78, 5) is 12.1. The van der Waals surface area contributed by atoms with Crippen LogP contribution in [0.2, 0.25) is 0 Å². The number of carbonyl (C=O) groups excluding carboxylic acids is 1. The van der Waals surface area contributed by atoms with E-state index >= 15 is 0 Å². The molecule has 25 heavy (non-hydrogen) atoms. The molecule has 0 saturated carbocycles. The van der Waals surface area contributed by atoms with E-state index in [2.05, 4.69) is 54.2 Å². The average molecular weight is 404 g/mol. The van der Waals surface area contributed by atoms with Crippen LogP contribution < -0.4 is 10.1 Å². The van der Waals surface area contributed by atoms with Gasteiger partial charge < -0.3 is 10.1 Å². The predicted octanol–water partition coefficient (Wildman–Crippen LogP) is 5.99. The Labute approximate surface area is 158 Å². The monoisotopic (exact) mass is 403 g/mol. The number of amides is 1. The number of ether oxygens (including phenoxy) is 1. The Morgan fingerprint density at radius 2 is 1.88 bits per heavy atom. The molecule has 1 amide bonds. The fraction of sp³-hybridized carbons (Fsp3) is 0.381. The van der Waals surface area contributed by atoms with Crippen LogP contribution in [0.1, 0.15) is 49.3 Å². The molecule has 0 fully saturated rings. The average Bonchev–Trinajstić information content (AvgIpc) is 2.54. The lowest BCUT2D eigenvalue weighted by Gasteiger charge is -2.12. The van der Waals surface area contributed by atoms with E-state index in [0.717, 1.165) is 21.5 Å². The van der Waals surface area contributed by atoms with Crippen LogP contribution >= 0.6 is 15.9 Å². The van der Waals surface area contributed by atoms with Crippen LogP contribution in [0, 0.1) is 13.8 Å². The van der Waals surface area contributed by atoms with E-state index in [1.807, 2.05) is 31.2 Å². The molecule has 0 heterocycles. The zero-order chi connectivity index (χ0) is 18.4. The largest absolute Gasteiger partial charge is 0.494 e. The van der Waals surface area contributed by atoms with Crippen molar-refractivity contribution in [1.82, 2.24) is 0 Å². The molecule has 2 aromatic carbocycles. The summed E-state index contributed by atoms with van der Waals surface area (Å²) in [5.74, 6) is 1.39. The number of benzene rings is 2. The van der Waals surface area contributed by atoms with Gasteiger partial charge in [-0.15, -0.1) is 0 Å². The van der Waals surface area contributed by atoms with Crippen molar-refractivity contribution < 1.29 is 9.53 Å². The van der Waals surface area contributed by atoms with Crippen LogP contribution in [0.15, 0.2) is 40.9 Å². The number of carbonyl (C=O) groups is 1.